The van der Waals surface area contributed by atoms with Crippen molar-refractivity contribution in [2.45, 2.75) is 19.4 Å². The van der Waals surface area contributed by atoms with Gasteiger partial charge in [0.2, 0.25) is 18.5 Å². The maximum Gasteiger partial charge on any atom is 0.328 e. The van der Waals surface area contributed by atoms with Crippen molar-refractivity contribution in [2.24, 2.45) is 0 Å². The highest BCUT2D eigenvalue weighted by Gasteiger charge is 2.17. The van der Waals surface area contributed by atoms with E-state index in [0.717, 1.165) is 10.1 Å². The highest BCUT2D eigenvalue weighted by Crippen LogP contribution is 2.34. The Morgan fingerprint density at radius 3 is 2.86 bits per heavy atom. The third-order valence-corrected chi connectivity index (χ3v) is 4.64. The Morgan fingerprint density at radius 2 is 2.03 bits per heavy atom. The Kier molecular flexibility index (Phi) is 4.08. The first kappa shape index (κ1) is 17.2. The second-order valence-electron chi connectivity index (χ2n) is 6.49. The number of aromatic amines is 1. The van der Waals surface area contributed by atoms with E-state index >= 15 is 0 Å². The van der Waals surface area contributed by atoms with Crippen molar-refractivity contribution < 1.29 is 14.0 Å². The van der Waals surface area contributed by atoms with E-state index in [9.17, 15) is 9.59 Å². The van der Waals surface area contributed by atoms with Gasteiger partial charge >= 0.3 is 5.69 Å². The minimum Gasteiger partial charge on any atom is -0.454 e. The van der Waals surface area contributed by atoms with E-state index in [0.29, 0.717) is 47.0 Å². The SMILES string of the molecule is O=c1[nH]c2cc3c(cc2c(=O)n1CCCc1nc(-c2cccnc2)no1)OCO3. The first-order chi connectivity index (χ1) is 14.2. The van der Waals surface area contributed by atoms with Crippen LogP contribution in [0, 0.1) is 0 Å². The van der Waals surface area contributed by atoms with Crippen LogP contribution in [0.3, 0.4) is 0 Å². The number of benzene rings is 1. The maximum atomic E-state index is 12.8. The average molecular weight is 393 g/mol. The maximum absolute atomic E-state index is 12.8. The van der Waals surface area contributed by atoms with Crippen molar-refractivity contribution in [2.75, 3.05) is 6.79 Å². The van der Waals surface area contributed by atoms with E-state index < -0.39 is 5.69 Å². The zero-order valence-electron chi connectivity index (χ0n) is 15.1. The lowest BCUT2D eigenvalue weighted by molar-refractivity contribution is 0.174. The Labute approximate surface area is 162 Å². The fourth-order valence-electron chi connectivity index (χ4n) is 3.20. The van der Waals surface area contributed by atoms with Crippen LogP contribution in [0.1, 0.15) is 12.3 Å². The number of aryl methyl sites for hydroxylation is 1. The number of rotatable bonds is 5. The molecule has 1 N–H and O–H groups in total. The molecule has 10 nitrogen and oxygen atoms in total. The Morgan fingerprint density at radius 1 is 1.17 bits per heavy atom. The minimum atomic E-state index is -0.483. The first-order valence-electron chi connectivity index (χ1n) is 8.98. The van der Waals surface area contributed by atoms with Crippen LogP contribution < -0.4 is 20.7 Å². The molecule has 0 bridgehead atoms. The summed E-state index contributed by atoms with van der Waals surface area (Å²) in [4.78, 5) is 36.2. The van der Waals surface area contributed by atoms with Gasteiger partial charge in [0.15, 0.2) is 11.5 Å². The molecule has 10 heteroatoms. The van der Waals surface area contributed by atoms with Gasteiger partial charge in [-0.1, -0.05) is 5.16 Å². The summed E-state index contributed by atoms with van der Waals surface area (Å²) in [7, 11) is 0. The fraction of sp³-hybridized carbons (Fsp3) is 0.211. The van der Waals surface area contributed by atoms with Crippen molar-refractivity contribution in [1.82, 2.24) is 24.7 Å². The monoisotopic (exact) mass is 393 g/mol. The smallest absolute Gasteiger partial charge is 0.328 e. The van der Waals surface area contributed by atoms with Gasteiger partial charge in [-0.3, -0.25) is 14.3 Å². The van der Waals surface area contributed by atoms with Gasteiger partial charge in [0, 0.05) is 37.0 Å². The third kappa shape index (κ3) is 3.14. The summed E-state index contributed by atoms with van der Waals surface area (Å²) >= 11 is 0. The Bertz CT molecular complexity index is 1310. The largest absolute Gasteiger partial charge is 0.454 e. The molecular formula is C19H15N5O5. The summed E-state index contributed by atoms with van der Waals surface area (Å²) in [6.45, 7) is 0.304. The van der Waals surface area contributed by atoms with Crippen LogP contribution >= 0.6 is 0 Å². The van der Waals surface area contributed by atoms with Crippen LogP contribution in [0.15, 0.2) is 50.8 Å². The van der Waals surface area contributed by atoms with Gasteiger partial charge in [-0.2, -0.15) is 4.98 Å². The highest BCUT2D eigenvalue weighted by molar-refractivity contribution is 5.81. The highest BCUT2D eigenvalue weighted by atomic mass is 16.7. The quantitative estimate of drug-likeness (QED) is 0.541. The Balaban J connectivity index is 1.35. The molecule has 5 rings (SSSR count). The molecule has 0 spiro atoms. The summed E-state index contributed by atoms with van der Waals surface area (Å²) in [5.74, 6) is 1.87. The molecule has 1 aromatic carbocycles. The molecule has 146 valence electrons. The molecule has 0 amide bonds. The number of ether oxygens (including phenoxy) is 2. The van der Waals surface area contributed by atoms with Crippen LogP contribution in [-0.4, -0.2) is 31.5 Å². The molecule has 0 fully saturated rings. The summed E-state index contributed by atoms with van der Waals surface area (Å²) in [5, 5.41) is 4.30. The fourth-order valence-corrected chi connectivity index (χ4v) is 3.20. The topological polar surface area (TPSA) is 125 Å². The van der Waals surface area contributed by atoms with Crippen LogP contribution in [0.4, 0.5) is 0 Å². The van der Waals surface area contributed by atoms with E-state index in [-0.39, 0.29) is 18.9 Å². The van der Waals surface area contributed by atoms with Gasteiger partial charge < -0.3 is 19.0 Å². The zero-order valence-corrected chi connectivity index (χ0v) is 15.1. The second kappa shape index (κ2) is 6.89. The molecular weight excluding hydrogens is 378 g/mol. The molecule has 1 aliphatic rings. The van der Waals surface area contributed by atoms with Crippen LogP contribution in [0.2, 0.25) is 0 Å². The Hall–Kier alpha value is -3.95. The van der Waals surface area contributed by atoms with Gasteiger partial charge in [-0.15, -0.1) is 0 Å². The number of fused-ring (bicyclic) bond motifs is 2. The molecule has 29 heavy (non-hydrogen) atoms. The van der Waals surface area contributed by atoms with Crippen LogP contribution in [0.25, 0.3) is 22.3 Å². The predicted molar refractivity (Wildman–Crippen MR) is 101 cm³/mol. The average Bonchev–Trinajstić information content (AvgIpc) is 3.39. The number of nitrogens with zero attached hydrogens (tertiary/aromatic N) is 4. The first-order valence-corrected chi connectivity index (χ1v) is 8.98. The van der Waals surface area contributed by atoms with E-state index in [2.05, 4.69) is 20.1 Å². The molecule has 0 atom stereocenters. The third-order valence-electron chi connectivity index (χ3n) is 4.64. The van der Waals surface area contributed by atoms with Gasteiger partial charge in [-0.25, -0.2) is 4.79 Å². The molecule has 4 heterocycles. The van der Waals surface area contributed by atoms with E-state index in [1.165, 1.54) is 0 Å². The number of hydrogen-bond donors (Lipinski definition) is 1. The van der Waals surface area contributed by atoms with Gasteiger partial charge in [-0.05, 0) is 24.6 Å². The summed E-state index contributed by atoms with van der Waals surface area (Å²) < 4.78 is 17.0. The molecule has 0 unspecified atom stereocenters. The number of aromatic nitrogens is 5. The summed E-state index contributed by atoms with van der Waals surface area (Å²) in [5.41, 5.74) is 0.300. The standard InChI is InChI=1S/C19H15N5O5/c25-18-12-7-14-15(28-10-27-14)8-13(12)21-19(26)24(18)6-2-4-16-22-17(23-29-16)11-3-1-5-20-9-11/h1,3,5,7-9H,2,4,6,10H2,(H,21,26). The summed E-state index contributed by atoms with van der Waals surface area (Å²) in [6.07, 6.45) is 4.22. The van der Waals surface area contributed by atoms with Gasteiger partial charge in [0.1, 0.15) is 0 Å². The van der Waals surface area contributed by atoms with Crippen molar-refractivity contribution >= 4 is 10.9 Å². The van der Waals surface area contributed by atoms with Crippen LogP contribution in [0.5, 0.6) is 11.5 Å². The zero-order chi connectivity index (χ0) is 19.8. The lowest BCUT2D eigenvalue weighted by Crippen LogP contribution is -2.35. The molecule has 0 saturated heterocycles. The molecule has 0 radical (unpaired) electrons. The van der Waals surface area contributed by atoms with Gasteiger partial charge in [0.25, 0.3) is 5.56 Å². The molecule has 0 aliphatic carbocycles. The van der Waals surface area contributed by atoms with Crippen molar-refractivity contribution in [3.8, 4) is 22.9 Å². The van der Waals surface area contributed by atoms with Crippen molar-refractivity contribution in [1.29, 1.82) is 0 Å². The lowest BCUT2D eigenvalue weighted by atomic mass is 10.2. The second-order valence-corrected chi connectivity index (χ2v) is 6.49. The van der Waals surface area contributed by atoms with Gasteiger partial charge in [0.05, 0.1) is 10.9 Å². The lowest BCUT2D eigenvalue weighted by Gasteiger charge is -2.06. The summed E-state index contributed by atoms with van der Waals surface area (Å²) in [6, 6.07) is 6.81. The molecule has 4 aromatic rings. The number of pyridine rings is 1. The van der Waals surface area contributed by atoms with E-state index in [4.69, 9.17) is 14.0 Å². The van der Waals surface area contributed by atoms with Crippen molar-refractivity contribution in [3.63, 3.8) is 0 Å². The number of hydrogen-bond acceptors (Lipinski definition) is 8. The van der Waals surface area contributed by atoms with Crippen molar-refractivity contribution in [3.05, 3.63) is 63.4 Å². The minimum absolute atomic E-state index is 0.0926. The molecule has 3 aromatic heterocycles. The van der Waals surface area contributed by atoms with E-state index in [1.54, 1.807) is 30.6 Å². The predicted octanol–water partition coefficient (Wildman–Crippen LogP) is 1.50. The van der Waals surface area contributed by atoms with E-state index in [1.807, 2.05) is 6.07 Å². The molecule has 1 aliphatic heterocycles. The normalized spacial score (nSPS) is 12.6. The number of H-pyrrole nitrogens is 1. The van der Waals surface area contributed by atoms with Crippen LogP contribution in [-0.2, 0) is 13.0 Å². The molecule has 0 saturated carbocycles. The number of nitrogens with one attached hydrogen (secondary N) is 1.